The molecule has 2 N–H and O–H groups in total. The van der Waals surface area contributed by atoms with Crippen molar-refractivity contribution in [1.29, 1.82) is 0 Å². The number of likely N-dealkylation sites (tertiary alicyclic amines) is 1. The molecule has 3 rings (SSSR count). The lowest BCUT2D eigenvalue weighted by Gasteiger charge is -2.40. The van der Waals surface area contributed by atoms with Gasteiger partial charge in [0.2, 0.25) is 0 Å². The molecule has 0 aliphatic carbocycles. The quantitative estimate of drug-likeness (QED) is 0.825. The Kier molecular flexibility index (Phi) is 5.27. The van der Waals surface area contributed by atoms with Crippen molar-refractivity contribution >= 4 is 5.78 Å². The minimum absolute atomic E-state index is 0.119. The molecule has 0 bridgehead atoms. The third kappa shape index (κ3) is 3.99. The molecule has 132 valence electrons. The Morgan fingerprint density at radius 1 is 1.29 bits per heavy atom. The number of carbonyl (C=O) groups is 1. The Hall–Kier alpha value is -1.37. The summed E-state index contributed by atoms with van der Waals surface area (Å²) >= 11 is 0. The van der Waals surface area contributed by atoms with Gasteiger partial charge in [0.25, 0.3) is 0 Å². The second kappa shape index (κ2) is 7.25. The van der Waals surface area contributed by atoms with Gasteiger partial charge in [-0.05, 0) is 63.5 Å². The molecule has 2 aliphatic heterocycles. The van der Waals surface area contributed by atoms with E-state index in [-0.39, 0.29) is 17.3 Å². The summed E-state index contributed by atoms with van der Waals surface area (Å²) < 4.78 is 26.3. The molecular weight excluding hydrogens is 314 g/mol. The molecule has 2 aliphatic rings. The summed E-state index contributed by atoms with van der Waals surface area (Å²) in [7, 11) is 0. The van der Waals surface area contributed by atoms with Gasteiger partial charge in [-0.3, -0.25) is 4.79 Å². The fourth-order valence-electron chi connectivity index (χ4n) is 3.74. The van der Waals surface area contributed by atoms with Crippen LogP contribution in [0.2, 0.25) is 0 Å². The van der Waals surface area contributed by atoms with Crippen LogP contribution in [-0.2, 0) is 0 Å². The summed E-state index contributed by atoms with van der Waals surface area (Å²) in [5.74, 6) is -2.20. The lowest BCUT2D eigenvalue weighted by molar-refractivity contribution is -0.0216. The highest BCUT2D eigenvalue weighted by molar-refractivity contribution is 5.97. The van der Waals surface area contributed by atoms with Gasteiger partial charge in [0.05, 0.1) is 5.60 Å². The fourth-order valence-corrected chi connectivity index (χ4v) is 3.74. The van der Waals surface area contributed by atoms with Crippen LogP contribution >= 0.6 is 0 Å². The monoisotopic (exact) mass is 338 g/mol. The topological polar surface area (TPSA) is 52.6 Å². The summed E-state index contributed by atoms with van der Waals surface area (Å²) in [5.41, 5.74) is -0.447. The van der Waals surface area contributed by atoms with Gasteiger partial charge < -0.3 is 15.3 Å². The van der Waals surface area contributed by atoms with Gasteiger partial charge in [-0.1, -0.05) is 0 Å². The van der Waals surface area contributed by atoms with E-state index in [4.69, 9.17) is 0 Å². The van der Waals surface area contributed by atoms with E-state index in [1.54, 1.807) is 0 Å². The molecule has 2 saturated heterocycles. The number of carbonyl (C=O) groups excluding carboxylic acids is 1. The van der Waals surface area contributed by atoms with Crippen molar-refractivity contribution in [1.82, 2.24) is 10.2 Å². The minimum atomic E-state index is -0.981. The van der Waals surface area contributed by atoms with E-state index in [0.29, 0.717) is 25.9 Å². The third-order valence-corrected chi connectivity index (χ3v) is 5.13. The highest BCUT2D eigenvalue weighted by Crippen LogP contribution is 2.25. The number of halogens is 2. The number of ketones is 1. The van der Waals surface area contributed by atoms with E-state index in [1.165, 1.54) is 6.07 Å². The number of aliphatic hydroxyl groups is 1. The van der Waals surface area contributed by atoms with Gasteiger partial charge in [0, 0.05) is 24.6 Å². The average molecular weight is 338 g/mol. The summed E-state index contributed by atoms with van der Waals surface area (Å²) in [6.07, 6.45) is 3.14. The normalized spacial score (nSPS) is 26.5. The first-order valence-electron chi connectivity index (χ1n) is 8.62. The van der Waals surface area contributed by atoms with Gasteiger partial charge in [-0.2, -0.15) is 0 Å². The van der Waals surface area contributed by atoms with Crippen LogP contribution in [0.1, 0.15) is 36.0 Å². The Bertz CT molecular complexity index is 595. The average Bonchev–Trinajstić information content (AvgIpc) is 2.58. The molecule has 0 spiro atoms. The van der Waals surface area contributed by atoms with Gasteiger partial charge in [-0.15, -0.1) is 0 Å². The molecule has 1 aromatic carbocycles. The maximum atomic E-state index is 13.3. The molecule has 2 heterocycles. The van der Waals surface area contributed by atoms with Crippen molar-refractivity contribution < 1.29 is 18.7 Å². The van der Waals surface area contributed by atoms with Crippen LogP contribution in [0.3, 0.4) is 0 Å². The summed E-state index contributed by atoms with van der Waals surface area (Å²) in [6.45, 7) is 3.66. The number of β-amino-alcohol motifs (C(OH)–C–C–N with tert-alkyl or cyclic N) is 1. The second-order valence-electron chi connectivity index (χ2n) is 7.05. The first kappa shape index (κ1) is 17.5. The van der Waals surface area contributed by atoms with E-state index in [9.17, 15) is 18.7 Å². The van der Waals surface area contributed by atoms with Crippen LogP contribution in [-0.4, -0.2) is 54.1 Å². The zero-order valence-electron chi connectivity index (χ0n) is 13.7. The Morgan fingerprint density at radius 2 is 2.04 bits per heavy atom. The van der Waals surface area contributed by atoms with Crippen LogP contribution in [0.25, 0.3) is 0 Å². The van der Waals surface area contributed by atoms with Gasteiger partial charge >= 0.3 is 0 Å². The molecule has 0 saturated carbocycles. The number of hydrogen-bond acceptors (Lipinski definition) is 4. The van der Waals surface area contributed by atoms with Gasteiger partial charge in [0.1, 0.15) is 0 Å². The number of piperidine rings is 2. The molecule has 24 heavy (non-hydrogen) atoms. The van der Waals surface area contributed by atoms with E-state index in [2.05, 4.69) is 10.2 Å². The Labute approximate surface area is 140 Å². The first-order chi connectivity index (χ1) is 11.5. The largest absolute Gasteiger partial charge is 0.387 e. The zero-order chi connectivity index (χ0) is 17.2. The van der Waals surface area contributed by atoms with Crippen molar-refractivity contribution in [2.24, 2.45) is 5.92 Å². The highest BCUT2D eigenvalue weighted by atomic mass is 19.2. The van der Waals surface area contributed by atoms with Crippen LogP contribution in [0.4, 0.5) is 8.78 Å². The number of rotatable bonds is 4. The summed E-state index contributed by atoms with van der Waals surface area (Å²) in [6, 6.07) is 3.34. The van der Waals surface area contributed by atoms with Crippen molar-refractivity contribution in [2.75, 3.05) is 32.7 Å². The SMILES string of the molecule is O=C(c1ccc(F)c(F)c1)C1CCN(CC2(O)CCCNC2)CC1. The van der Waals surface area contributed by atoms with Gasteiger partial charge in [0.15, 0.2) is 17.4 Å². The lowest BCUT2D eigenvalue weighted by Crippen LogP contribution is -2.54. The van der Waals surface area contributed by atoms with E-state index < -0.39 is 17.2 Å². The molecule has 0 radical (unpaired) electrons. The number of nitrogens with zero attached hydrogens (tertiary/aromatic N) is 1. The van der Waals surface area contributed by atoms with Gasteiger partial charge in [-0.25, -0.2) is 8.78 Å². The first-order valence-corrected chi connectivity index (χ1v) is 8.62. The van der Waals surface area contributed by atoms with E-state index in [1.807, 2.05) is 0 Å². The molecule has 4 nitrogen and oxygen atoms in total. The fraction of sp³-hybridized carbons (Fsp3) is 0.611. The summed E-state index contributed by atoms with van der Waals surface area (Å²) in [4.78, 5) is 14.7. The van der Waals surface area contributed by atoms with Crippen molar-refractivity contribution in [3.05, 3.63) is 35.4 Å². The molecular formula is C18H24F2N2O2. The molecule has 2 fully saturated rings. The Morgan fingerprint density at radius 3 is 2.67 bits per heavy atom. The van der Waals surface area contributed by atoms with Crippen LogP contribution in [0.5, 0.6) is 0 Å². The van der Waals surface area contributed by atoms with Crippen LogP contribution < -0.4 is 5.32 Å². The molecule has 0 amide bonds. The van der Waals surface area contributed by atoms with Crippen molar-refractivity contribution in [3.63, 3.8) is 0 Å². The zero-order valence-corrected chi connectivity index (χ0v) is 13.7. The number of hydrogen-bond donors (Lipinski definition) is 2. The predicted molar refractivity (Wildman–Crippen MR) is 86.9 cm³/mol. The third-order valence-electron chi connectivity index (χ3n) is 5.13. The van der Waals surface area contributed by atoms with Crippen LogP contribution in [0.15, 0.2) is 18.2 Å². The Balaban J connectivity index is 1.54. The second-order valence-corrected chi connectivity index (χ2v) is 7.05. The smallest absolute Gasteiger partial charge is 0.166 e. The summed E-state index contributed by atoms with van der Waals surface area (Å²) in [5, 5.41) is 13.8. The minimum Gasteiger partial charge on any atom is -0.387 e. The molecule has 1 unspecified atom stereocenters. The van der Waals surface area contributed by atoms with Crippen molar-refractivity contribution in [2.45, 2.75) is 31.3 Å². The number of benzene rings is 1. The van der Waals surface area contributed by atoms with E-state index >= 15 is 0 Å². The maximum absolute atomic E-state index is 13.3. The number of nitrogens with one attached hydrogen (secondary N) is 1. The van der Waals surface area contributed by atoms with Crippen LogP contribution in [0, 0.1) is 17.6 Å². The maximum Gasteiger partial charge on any atom is 0.166 e. The van der Waals surface area contributed by atoms with Crippen molar-refractivity contribution in [3.8, 4) is 0 Å². The molecule has 0 aromatic heterocycles. The molecule has 1 atom stereocenters. The predicted octanol–water partition coefficient (Wildman–Crippen LogP) is 1.97. The standard InChI is InChI=1S/C18H24F2N2O2/c19-15-3-2-14(10-16(15)20)17(23)13-4-8-22(9-5-13)12-18(24)6-1-7-21-11-18/h2-3,10,13,21,24H,1,4-9,11-12H2. The molecule has 6 heteroatoms. The number of Topliss-reactive ketones (excluding diaryl/α,β-unsaturated/α-hetero) is 1. The lowest BCUT2D eigenvalue weighted by atomic mass is 9.87. The highest BCUT2D eigenvalue weighted by Gasteiger charge is 2.34. The van der Waals surface area contributed by atoms with E-state index in [0.717, 1.165) is 44.6 Å². The molecule has 1 aromatic rings.